The second-order valence-electron chi connectivity index (χ2n) is 4.87. The van der Waals surface area contributed by atoms with Crippen molar-refractivity contribution in [2.75, 3.05) is 0 Å². The number of furan rings is 1. The topological polar surface area (TPSA) is 33.4 Å². The van der Waals surface area contributed by atoms with E-state index in [2.05, 4.69) is 26.0 Å². The van der Waals surface area contributed by atoms with E-state index in [4.69, 9.17) is 4.42 Å². The van der Waals surface area contributed by atoms with Crippen molar-refractivity contribution in [3.8, 4) is 11.3 Å². The Kier molecular flexibility index (Phi) is 3.87. The molecule has 0 aliphatic heterocycles. The largest absolute Gasteiger partial charge is 0.458 e. The van der Waals surface area contributed by atoms with Crippen molar-refractivity contribution in [2.24, 2.45) is 0 Å². The van der Waals surface area contributed by atoms with Gasteiger partial charge in [0.05, 0.1) is 0 Å². The van der Waals surface area contributed by atoms with Crippen LogP contribution in [0.25, 0.3) is 11.3 Å². The Labute approximate surface area is 108 Å². The van der Waals surface area contributed by atoms with Crippen molar-refractivity contribution in [1.29, 1.82) is 0 Å². The summed E-state index contributed by atoms with van der Waals surface area (Å²) < 4.78 is 5.76. The lowest BCUT2D eigenvalue weighted by Gasteiger charge is -2.10. The summed E-state index contributed by atoms with van der Waals surface area (Å²) in [6.45, 7) is 6.28. The van der Waals surface area contributed by atoms with Crippen LogP contribution in [0.5, 0.6) is 0 Å². The summed E-state index contributed by atoms with van der Waals surface area (Å²) in [4.78, 5) is 0. The van der Waals surface area contributed by atoms with E-state index >= 15 is 0 Å². The molecule has 2 rings (SSSR count). The molecule has 0 aliphatic carbocycles. The molecular weight excluding hydrogens is 224 g/mol. The van der Waals surface area contributed by atoms with Crippen molar-refractivity contribution >= 4 is 0 Å². The molecule has 1 N–H and O–H groups in total. The molecule has 0 saturated heterocycles. The molecule has 0 aliphatic rings. The van der Waals surface area contributed by atoms with Crippen LogP contribution in [0.4, 0.5) is 0 Å². The lowest BCUT2D eigenvalue weighted by Crippen LogP contribution is -1.92. The maximum Gasteiger partial charge on any atom is 0.134 e. The van der Waals surface area contributed by atoms with E-state index in [0.29, 0.717) is 18.1 Å². The van der Waals surface area contributed by atoms with Gasteiger partial charge in [-0.1, -0.05) is 45.0 Å². The van der Waals surface area contributed by atoms with Gasteiger partial charge in [-0.2, -0.15) is 0 Å². The maximum absolute atomic E-state index is 9.77. The molecule has 96 valence electrons. The zero-order chi connectivity index (χ0) is 13.1. The molecule has 1 aromatic carbocycles. The molecule has 0 radical (unpaired) electrons. The summed E-state index contributed by atoms with van der Waals surface area (Å²) in [6.07, 6.45) is 0.156. The second-order valence-corrected chi connectivity index (χ2v) is 4.87. The van der Waals surface area contributed by atoms with E-state index in [0.717, 1.165) is 11.3 Å². The fourth-order valence-corrected chi connectivity index (χ4v) is 2.10. The smallest absolute Gasteiger partial charge is 0.134 e. The Hall–Kier alpha value is -1.54. The third kappa shape index (κ3) is 2.49. The lowest BCUT2D eigenvalue weighted by molar-refractivity contribution is 0.147. The van der Waals surface area contributed by atoms with E-state index in [-0.39, 0.29) is 0 Å². The van der Waals surface area contributed by atoms with Gasteiger partial charge >= 0.3 is 0 Å². The number of hydrogen-bond donors (Lipinski definition) is 1. The van der Waals surface area contributed by atoms with E-state index in [9.17, 15) is 5.11 Å². The van der Waals surface area contributed by atoms with Gasteiger partial charge in [-0.3, -0.25) is 0 Å². The maximum atomic E-state index is 9.77. The average Bonchev–Trinajstić information content (AvgIpc) is 2.87. The van der Waals surface area contributed by atoms with Gasteiger partial charge < -0.3 is 9.52 Å². The monoisotopic (exact) mass is 244 g/mol. The minimum atomic E-state index is -0.509. The van der Waals surface area contributed by atoms with Crippen LogP contribution in [0.1, 0.15) is 50.5 Å². The van der Waals surface area contributed by atoms with Crippen LogP contribution in [-0.4, -0.2) is 5.11 Å². The molecule has 1 atom stereocenters. The van der Waals surface area contributed by atoms with Crippen LogP contribution in [-0.2, 0) is 0 Å². The first-order valence-corrected chi connectivity index (χ1v) is 6.50. The van der Waals surface area contributed by atoms with Crippen LogP contribution in [0.3, 0.4) is 0 Å². The summed E-state index contributed by atoms with van der Waals surface area (Å²) in [5, 5.41) is 9.77. The standard InChI is InChI=1S/C16H20O2/c1-4-14(17)16-10-9-15(18-16)13-8-6-5-7-12(13)11(2)3/h5-11,14,17H,4H2,1-3H3. The van der Waals surface area contributed by atoms with E-state index < -0.39 is 6.10 Å². The fourth-order valence-electron chi connectivity index (χ4n) is 2.10. The number of benzene rings is 1. The van der Waals surface area contributed by atoms with Gasteiger partial charge in [-0.25, -0.2) is 0 Å². The molecule has 2 heteroatoms. The number of aliphatic hydroxyl groups excluding tert-OH is 1. The first kappa shape index (κ1) is 12.9. The van der Waals surface area contributed by atoms with Gasteiger partial charge in [0, 0.05) is 5.56 Å². The Morgan fingerprint density at radius 3 is 2.50 bits per heavy atom. The van der Waals surface area contributed by atoms with Crippen LogP contribution >= 0.6 is 0 Å². The highest BCUT2D eigenvalue weighted by atomic mass is 16.4. The predicted molar refractivity (Wildman–Crippen MR) is 73.5 cm³/mol. The zero-order valence-electron chi connectivity index (χ0n) is 11.2. The quantitative estimate of drug-likeness (QED) is 0.858. The van der Waals surface area contributed by atoms with Crippen LogP contribution in [0.2, 0.25) is 0 Å². The van der Waals surface area contributed by atoms with Gasteiger partial charge in [0.2, 0.25) is 0 Å². The average molecular weight is 244 g/mol. The first-order chi connectivity index (χ1) is 8.63. The van der Waals surface area contributed by atoms with Crippen LogP contribution in [0, 0.1) is 0 Å². The Bertz CT molecular complexity index is 511. The van der Waals surface area contributed by atoms with E-state index in [1.54, 1.807) is 0 Å². The third-order valence-corrected chi connectivity index (χ3v) is 3.19. The van der Waals surface area contributed by atoms with Crippen molar-refractivity contribution in [2.45, 2.75) is 39.2 Å². The van der Waals surface area contributed by atoms with Crippen molar-refractivity contribution in [1.82, 2.24) is 0 Å². The van der Waals surface area contributed by atoms with Gasteiger partial charge in [0.15, 0.2) is 0 Å². The molecule has 1 heterocycles. The molecule has 2 nitrogen and oxygen atoms in total. The molecule has 18 heavy (non-hydrogen) atoms. The van der Waals surface area contributed by atoms with E-state index in [1.807, 2.05) is 31.2 Å². The molecule has 0 spiro atoms. The molecular formula is C16H20O2. The molecule has 1 aromatic heterocycles. The highest BCUT2D eigenvalue weighted by molar-refractivity contribution is 5.63. The Morgan fingerprint density at radius 1 is 1.11 bits per heavy atom. The SMILES string of the molecule is CCC(O)c1ccc(-c2ccccc2C(C)C)o1. The number of hydrogen-bond acceptors (Lipinski definition) is 2. The van der Waals surface area contributed by atoms with Gasteiger partial charge in [0.25, 0.3) is 0 Å². The summed E-state index contributed by atoms with van der Waals surface area (Å²) in [7, 11) is 0. The van der Waals surface area contributed by atoms with Crippen molar-refractivity contribution < 1.29 is 9.52 Å². The van der Waals surface area contributed by atoms with Crippen molar-refractivity contribution in [3.63, 3.8) is 0 Å². The first-order valence-electron chi connectivity index (χ1n) is 6.50. The number of aliphatic hydroxyl groups is 1. The highest BCUT2D eigenvalue weighted by Crippen LogP contribution is 2.32. The molecule has 1 unspecified atom stereocenters. The van der Waals surface area contributed by atoms with Gasteiger partial charge in [-0.05, 0) is 30.0 Å². The number of rotatable bonds is 4. The summed E-state index contributed by atoms with van der Waals surface area (Å²) in [5.74, 6) is 1.93. The predicted octanol–water partition coefficient (Wildman–Crippen LogP) is 4.51. The minimum Gasteiger partial charge on any atom is -0.458 e. The Morgan fingerprint density at radius 2 is 1.83 bits per heavy atom. The normalized spacial score (nSPS) is 12.9. The summed E-state index contributed by atoms with van der Waals surface area (Å²) in [6, 6.07) is 12.0. The minimum absolute atomic E-state index is 0.450. The Balaban J connectivity index is 2.40. The molecule has 0 amide bonds. The van der Waals surface area contributed by atoms with Gasteiger partial charge in [0.1, 0.15) is 17.6 Å². The fraction of sp³-hybridized carbons (Fsp3) is 0.375. The highest BCUT2D eigenvalue weighted by Gasteiger charge is 2.14. The summed E-state index contributed by atoms with van der Waals surface area (Å²) in [5.41, 5.74) is 2.38. The zero-order valence-corrected chi connectivity index (χ0v) is 11.2. The van der Waals surface area contributed by atoms with Crippen LogP contribution < -0.4 is 0 Å². The van der Waals surface area contributed by atoms with Gasteiger partial charge in [-0.15, -0.1) is 0 Å². The molecule has 0 saturated carbocycles. The molecule has 2 aromatic rings. The van der Waals surface area contributed by atoms with Crippen molar-refractivity contribution in [3.05, 3.63) is 47.7 Å². The summed E-state index contributed by atoms with van der Waals surface area (Å²) >= 11 is 0. The lowest BCUT2D eigenvalue weighted by atomic mass is 9.96. The third-order valence-electron chi connectivity index (χ3n) is 3.19. The van der Waals surface area contributed by atoms with E-state index in [1.165, 1.54) is 5.56 Å². The van der Waals surface area contributed by atoms with Crippen LogP contribution in [0.15, 0.2) is 40.8 Å². The molecule has 0 bridgehead atoms. The second kappa shape index (κ2) is 5.40. The molecule has 0 fully saturated rings.